The molecule has 0 aromatic rings. The molecule has 0 aromatic heterocycles. The van der Waals surface area contributed by atoms with E-state index < -0.39 is 6.10 Å². The number of unbranched alkanes of at least 4 members (excludes halogenated alkanes) is 22. The summed E-state index contributed by atoms with van der Waals surface area (Å²) in [6, 6.07) is 0. The molecular formula is C58H98O6. The fraction of sp³-hybridized carbons (Fsp3) is 0.707. The number of hydrogen-bond acceptors (Lipinski definition) is 6. The molecule has 0 rings (SSSR count). The minimum Gasteiger partial charge on any atom is -0.462 e. The van der Waals surface area contributed by atoms with Gasteiger partial charge in [-0.25, -0.2) is 0 Å². The minimum absolute atomic E-state index is 0.0945. The highest BCUT2D eigenvalue weighted by Gasteiger charge is 2.19. The topological polar surface area (TPSA) is 78.9 Å². The van der Waals surface area contributed by atoms with E-state index in [0.29, 0.717) is 19.3 Å². The Morgan fingerprint density at radius 2 is 0.609 bits per heavy atom. The highest BCUT2D eigenvalue weighted by atomic mass is 16.6. The Morgan fingerprint density at radius 3 is 0.969 bits per heavy atom. The molecule has 1 unspecified atom stereocenters. The summed E-state index contributed by atoms with van der Waals surface area (Å²) < 4.78 is 16.8. The maximum atomic E-state index is 12.8. The monoisotopic (exact) mass is 891 g/mol. The predicted molar refractivity (Wildman–Crippen MR) is 274 cm³/mol. The minimum atomic E-state index is -0.796. The fourth-order valence-corrected chi connectivity index (χ4v) is 7.17. The van der Waals surface area contributed by atoms with Crippen molar-refractivity contribution in [2.75, 3.05) is 13.2 Å². The van der Waals surface area contributed by atoms with E-state index in [9.17, 15) is 14.4 Å². The second-order valence-electron chi connectivity index (χ2n) is 17.4. The van der Waals surface area contributed by atoms with E-state index >= 15 is 0 Å². The summed E-state index contributed by atoms with van der Waals surface area (Å²) in [7, 11) is 0. The molecule has 0 radical (unpaired) electrons. The first-order valence-corrected chi connectivity index (χ1v) is 26.6. The van der Waals surface area contributed by atoms with Crippen molar-refractivity contribution in [2.24, 2.45) is 0 Å². The number of carbonyl (C=O) groups is 3. The van der Waals surface area contributed by atoms with E-state index in [1.807, 2.05) is 0 Å². The van der Waals surface area contributed by atoms with Gasteiger partial charge >= 0.3 is 17.9 Å². The number of hydrogen-bond donors (Lipinski definition) is 0. The van der Waals surface area contributed by atoms with Gasteiger partial charge in [0.1, 0.15) is 13.2 Å². The molecule has 0 spiro atoms. The molecule has 0 heterocycles. The van der Waals surface area contributed by atoms with Crippen LogP contribution in [0.25, 0.3) is 0 Å². The Bertz CT molecular complexity index is 1250. The molecule has 6 nitrogen and oxygen atoms in total. The SMILES string of the molecule is CC/C=C\C/C=C\C/C=C\CCCCCCCCC(=O)OCC(COC(=O)CCCCCC/C=C\C/C=C\C/C=C\CC)OC(=O)CCCCCCC/C=C\CCCCCCCCC. The van der Waals surface area contributed by atoms with Gasteiger partial charge in [-0.15, -0.1) is 0 Å². The van der Waals surface area contributed by atoms with Crippen molar-refractivity contribution in [2.45, 2.75) is 252 Å². The molecule has 0 saturated heterocycles. The van der Waals surface area contributed by atoms with Crippen LogP contribution in [0.4, 0.5) is 0 Å². The average molecular weight is 891 g/mol. The first kappa shape index (κ1) is 60.6. The summed E-state index contributed by atoms with van der Waals surface area (Å²) in [6.45, 7) is 6.38. The smallest absolute Gasteiger partial charge is 0.306 e. The normalized spacial score (nSPS) is 12.7. The lowest BCUT2D eigenvalue weighted by Crippen LogP contribution is -2.30. The molecular weight excluding hydrogens is 793 g/mol. The lowest BCUT2D eigenvalue weighted by molar-refractivity contribution is -0.167. The van der Waals surface area contributed by atoms with Crippen molar-refractivity contribution < 1.29 is 28.6 Å². The van der Waals surface area contributed by atoms with Crippen LogP contribution in [-0.4, -0.2) is 37.2 Å². The summed E-state index contributed by atoms with van der Waals surface area (Å²) in [4.78, 5) is 38.0. The number of carbonyl (C=O) groups excluding carboxylic acids is 3. The second kappa shape index (κ2) is 52.2. The molecule has 0 fully saturated rings. The number of esters is 3. The van der Waals surface area contributed by atoms with Crippen LogP contribution in [0.5, 0.6) is 0 Å². The van der Waals surface area contributed by atoms with Gasteiger partial charge in [0, 0.05) is 19.3 Å². The van der Waals surface area contributed by atoms with Crippen LogP contribution in [0.3, 0.4) is 0 Å². The van der Waals surface area contributed by atoms with Gasteiger partial charge in [-0.2, -0.15) is 0 Å². The maximum absolute atomic E-state index is 12.8. The molecule has 64 heavy (non-hydrogen) atoms. The van der Waals surface area contributed by atoms with Crippen molar-refractivity contribution in [1.82, 2.24) is 0 Å². The largest absolute Gasteiger partial charge is 0.462 e. The van der Waals surface area contributed by atoms with Crippen molar-refractivity contribution in [3.8, 4) is 0 Å². The molecule has 366 valence electrons. The lowest BCUT2D eigenvalue weighted by Gasteiger charge is -2.18. The van der Waals surface area contributed by atoms with E-state index in [1.54, 1.807) is 0 Å². The summed E-state index contributed by atoms with van der Waals surface area (Å²) in [5.74, 6) is -0.936. The van der Waals surface area contributed by atoms with Crippen LogP contribution in [0.2, 0.25) is 0 Å². The van der Waals surface area contributed by atoms with Gasteiger partial charge in [0.05, 0.1) is 0 Å². The van der Waals surface area contributed by atoms with Crippen LogP contribution < -0.4 is 0 Å². The van der Waals surface area contributed by atoms with Crippen molar-refractivity contribution in [3.63, 3.8) is 0 Å². The van der Waals surface area contributed by atoms with Crippen LogP contribution in [0, 0.1) is 0 Å². The fourth-order valence-electron chi connectivity index (χ4n) is 7.17. The zero-order chi connectivity index (χ0) is 46.5. The molecule has 0 N–H and O–H groups in total. The standard InChI is InChI=1S/C58H98O6/c1-4-7-10-13-16-19-22-25-28-30-33-36-39-42-45-48-51-57(60)63-54-55(53-62-56(59)50-47-44-41-38-35-32-27-24-21-18-15-12-9-6-3)64-58(61)52-49-46-43-40-37-34-31-29-26-23-20-17-14-11-8-5-2/h7,9-10,12,16,18-19,21,25,27-29,31-32,55H,4-6,8,11,13-15,17,20,22-24,26,30,33-54H2,1-3H3/b10-7-,12-9-,19-16-,21-18-,28-25-,31-29-,32-27-. The number of allylic oxidation sites excluding steroid dienone is 14. The van der Waals surface area contributed by atoms with E-state index in [2.05, 4.69) is 106 Å². The summed E-state index contributed by atoms with van der Waals surface area (Å²) in [6.07, 6.45) is 67.1. The van der Waals surface area contributed by atoms with Gasteiger partial charge in [-0.1, -0.05) is 202 Å². The molecule has 6 heteroatoms. The third-order valence-corrected chi connectivity index (χ3v) is 11.1. The Hall–Kier alpha value is -3.41. The van der Waals surface area contributed by atoms with E-state index in [4.69, 9.17) is 14.2 Å². The Labute approximate surface area is 395 Å². The maximum Gasteiger partial charge on any atom is 0.306 e. The summed E-state index contributed by atoms with van der Waals surface area (Å²) in [5.41, 5.74) is 0. The first-order valence-electron chi connectivity index (χ1n) is 26.6. The zero-order valence-corrected chi connectivity index (χ0v) is 41.8. The quantitative estimate of drug-likeness (QED) is 0.0262. The highest BCUT2D eigenvalue weighted by molar-refractivity contribution is 5.71. The third kappa shape index (κ3) is 49.6. The predicted octanol–water partition coefficient (Wildman–Crippen LogP) is 17.6. The Kier molecular flexibility index (Phi) is 49.4. The molecule has 0 aromatic carbocycles. The van der Waals surface area contributed by atoms with Gasteiger partial charge in [0.15, 0.2) is 6.10 Å². The van der Waals surface area contributed by atoms with Gasteiger partial charge in [-0.3, -0.25) is 14.4 Å². The van der Waals surface area contributed by atoms with Crippen LogP contribution >= 0.6 is 0 Å². The van der Waals surface area contributed by atoms with E-state index in [-0.39, 0.29) is 31.1 Å². The molecule has 0 bridgehead atoms. The van der Waals surface area contributed by atoms with Crippen LogP contribution in [0.1, 0.15) is 245 Å². The van der Waals surface area contributed by atoms with Gasteiger partial charge in [-0.05, 0) is 109 Å². The van der Waals surface area contributed by atoms with Crippen LogP contribution in [-0.2, 0) is 28.6 Å². The zero-order valence-electron chi connectivity index (χ0n) is 41.8. The van der Waals surface area contributed by atoms with Gasteiger partial charge in [0.25, 0.3) is 0 Å². The van der Waals surface area contributed by atoms with E-state index in [1.165, 1.54) is 77.0 Å². The van der Waals surface area contributed by atoms with Gasteiger partial charge in [0.2, 0.25) is 0 Å². The average Bonchev–Trinajstić information content (AvgIpc) is 3.29. The van der Waals surface area contributed by atoms with Crippen molar-refractivity contribution in [3.05, 3.63) is 85.1 Å². The molecule has 0 aliphatic heterocycles. The molecule has 0 aliphatic rings. The summed E-state index contributed by atoms with van der Waals surface area (Å²) in [5, 5.41) is 0. The molecule has 0 amide bonds. The first-order chi connectivity index (χ1) is 31.5. The Morgan fingerprint density at radius 1 is 0.328 bits per heavy atom. The van der Waals surface area contributed by atoms with E-state index in [0.717, 1.165) is 128 Å². The van der Waals surface area contributed by atoms with Gasteiger partial charge < -0.3 is 14.2 Å². The molecule has 1 atom stereocenters. The number of rotatable bonds is 47. The second-order valence-corrected chi connectivity index (χ2v) is 17.4. The van der Waals surface area contributed by atoms with Crippen LogP contribution in [0.15, 0.2) is 85.1 Å². The Balaban J connectivity index is 4.45. The lowest BCUT2D eigenvalue weighted by atomic mass is 10.1. The molecule has 0 saturated carbocycles. The summed E-state index contributed by atoms with van der Waals surface area (Å²) >= 11 is 0. The van der Waals surface area contributed by atoms with Crippen molar-refractivity contribution in [1.29, 1.82) is 0 Å². The van der Waals surface area contributed by atoms with Crippen molar-refractivity contribution >= 4 is 17.9 Å². The highest BCUT2D eigenvalue weighted by Crippen LogP contribution is 2.14. The number of ether oxygens (including phenoxy) is 3. The molecule has 0 aliphatic carbocycles. The third-order valence-electron chi connectivity index (χ3n) is 11.1.